The molecule has 1 aliphatic heterocycles. The molecule has 0 saturated carbocycles. The Hall–Kier alpha value is -4.23. The molecule has 1 fully saturated rings. The van der Waals surface area contributed by atoms with Crippen molar-refractivity contribution >= 4 is 28.9 Å². The number of alkyl halides is 4. The molecule has 2 amide bonds. The molecule has 0 aliphatic carbocycles. The molecular formula is C25H26F4N6O4. The highest BCUT2D eigenvalue weighted by atomic mass is 19.4. The van der Waals surface area contributed by atoms with Gasteiger partial charge in [0.05, 0.1) is 17.8 Å². The summed E-state index contributed by atoms with van der Waals surface area (Å²) < 4.78 is 61.4. The van der Waals surface area contributed by atoms with E-state index >= 15 is 0 Å². The molecular weight excluding hydrogens is 524 g/mol. The lowest BCUT2D eigenvalue weighted by molar-refractivity contribution is -0.274. The number of benzene rings is 1. The largest absolute Gasteiger partial charge is 0.573 e. The summed E-state index contributed by atoms with van der Waals surface area (Å²) >= 11 is 0. The van der Waals surface area contributed by atoms with Crippen molar-refractivity contribution in [3.8, 4) is 17.0 Å². The number of amides is 2. The van der Waals surface area contributed by atoms with E-state index in [1.807, 2.05) is 0 Å². The fraction of sp³-hybridized carbons (Fsp3) is 0.400. The number of pyridine rings is 1. The number of hydrogen-bond donors (Lipinski definition) is 2. The predicted molar refractivity (Wildman–Crippen MR) is 133 cm³/mol. The van der Waals surface area contributed by atoms with Crippen molar-refractivity contribution in [2.75, 3.05) is 18.4 Å². The molecule has 1 aliphatic rings. The molecule has 0 bridgehead atoms. The van der Waals surface area contributed by atoms with Gasteiger partial charge in [-0.2, -0.15) is 0 Å². The molecule has 2 atom stereocenters. The Morgan fingerprint density at radius 1 is 1.08 bits per heavy atom. The number of carbonyl (C=O) groups excluding carboxylic acids is 2. The van der Waals surface area contributed by atoms with Crippen molar-refractivity contribution in [2.45, 2.75) is 51.4 Å². The molecule has 3 N–H and O–H groups in total. The van der Waals surface area contributed by atoms with Crippen LogP contribution >= 0.6 is 0 Å². The first-order chi connectivity index (χ1) is 18.2. The Balaban J connectivity index is 1.67. The summed E-state index contributed by atoms with van der Waals surface area (Å²) in [6.07, 6.45) is -5.59. The average Bonchev–Trinajstić information content (AvgIpc) is 2.81. The number of aromatic nitrogens is 3. The molecule has 0 spiro atoms. The molecule has 4 rings (SSSR count). The summed E-state index contributed by atoms with van der Waals surface area (Å²) in [4.78, 5) is 38.9. The van der Waals surface area contributed by atoms with E-state index in [2.05, 4.69) is 25.0 Å². The molecule has 14 heteroatoms. The fourth-order valence-electron chi connectivity index (χ4n) is 4.12. The first-order valence-corrected chi connectivity index (χ1v) is 11.9. The zero-order valence-electron chi connectivity index (χ0n) is 21.3. The molecule has 208 valence electrons. The standard InChI is InChI=1S/C25H26F4N6O4/c1-24(2,3)39-23(37)35-10-14(26)8-15(11-35)33-22-20-19(31-12-32-22)17(21(30)36)9-18(34-20)13-4-6-16(7-5-13)38-25(27,28)29/h4-7,9,12,14-15H,8,10-11H2,1-3H3,(H2,30,36)(H,31,32,33)/t14?,15-/m1/s1. The zero-order valence-corrected chi connectivity index (χ0v) is 21.3. The van der Waals surface area contributed by atoms with Crippen LogP contribution in [0.3, 0.4) is 0 Å². The number of nitrogens with two attached hydrogens (primary N) is 1. The van der Waals surface area contributed by atoms with Gasteiger partial charge in [0.2, 0.25) is 0 Å². The van der Waals surface area contributed by atoms with E-state index in [1.165, 1.54) is 29.4 Å². The Morgan fingerprint density at radius 3 is 2.38 bits per heavy atom. The van der Waals surface area contributed by atoms with Crippen LogP contribution in [-0.4, -0.2) is 69.1 Å². The maximum Gasteiger partial charge on any atom is 0.573 e. The lowest BCUT2D eigenvalue weighted by Gasteiger charge is -2.36. The average molecular weight is 551 g/mol. The van der Waals surface area contributed by atoms with Crippen molar-refractivity contribution in [3.05, 3.63) is 42.2 Å². The number of anilines is 1. The molecule has 1 saturated heterocycles. The molecule has 1 aromatic carbocycles. The number of nitrogens with zero attached hydrogens (tertiary/aromatic N) is 4. The molecule has 3 heterocycles. The summed E-state index contributed by atoms with van der Waals surface area (Å²) in [6.45, 7) is 5.12. The summed E-state index contributed by atoms with van der Waals surface area (Å²) in [5.41, 5.74) is 5.64. The third-order valence-corrected chi connectivity index (χ3v) is 5.63. The van der Waals surface area contributed by atoms with Gasteiger partial charge in [0.15, 0.2) is 5.82 Å². The van der Waals surface area contributed by atoms with Crippen LogP contribution in [0.25, 0.3) is 22.3 Å². The smallest absolute Gasteiger partial charge is 0.444 e. The highest BCUT2D eigenvalue weighted by Crippen LogP contribution is 2.30. The van der Waals surface area contributed by atoms with Crippen LogP contribution in [0.2, 0.25) is 0 Å². The highest BCUT2D eigenvalue weighted by molar-refractivity contribution is 6.06. The van der Waals surface area contributed by atoms with Crippen LogP contribution in [0.4, 0.5) is 28.2 Å². The Labute approximate surface area is 220 Å². The van der Waals surface area contributed by atoms with Crippen LogP contribution in [0.5, 0.6) is 5.75 Å². The van der Waals surface area contributed by atoms with Crippen molar-refractivity contribution in [1.82, 2.24) is 19.9 Å². The first-order valence-electron chi connectivity index (χ1n) is 11.9. The number of rotatable bonds is 5. The van der Waals surface area contributed by atoms with Crippen molar-refractivity contribution < 1.29 is 36.6 Å². The van der Waals surface area contributed by atoms with Gasteiger partial charge < -0.3 is 25.4 Å². The quantitative estimate of drug-likeness (QED) is 0.446. The van der Waals surface area contributed by atoms with Gasteiger partial charge in [-0.3, -0.25) is 4.79 Å². The minimum absolute atomic E-state index is 0.00142. The van der Waals surface area contributed by atoms with Gasteiger partial charge in [-0.1, -0.05) is 0 Å². The number of nitrogens with one attached hydrogen (secondary N) is 1. The number of ether oxygens (including phenoxy) is 2. The topological polar surface area (TPSA) is 133 Å². The van der Waals surface area contributed by atoms with Crippen molar-refractivity contribution in [1.29, 1.82) is 0 Å². The predicted octanol–water partition coefficient (Wildman–Crippen LogP) is 4.45. The van der Waals surface area contributed by atoms with Gasteiger partial charge in [-0.15, -0.1) is 13.2 Å². The van der Waals surface area contributed by atoms with Crippen molar-refractivity contribution in [2.24, 2.45) is 5.73 Å². The second-order valence-corrected chi connectivity index (χ2v) is 9.97. The fourth-order valence-corrected chi connectivity index (χ4v) is 4.12. The van der Waals surface area contributed by atoms with Crippen molar-refractivity contribution in [3.63, 3.8) is 0 Å². The van der Waals surface area contributed by atoms with E-state index in [0.717, 1.165) is 12.1 Å². The maximum absolute atomic E-state index is 14.6. The van der Waals surface area contributed by atoms with Gasteiger partial charge in [0.1, 0.15) is 34.9 Å². The van der Waals surface area contributed by atoms with E-state index in [9.17, 15) is 27.2 Å². The molecule has 10 nitrogen and oxygen atoms in total. The van der Waals surface area contributed by atoms with Gasteiger partial charge >= 0.3 is 12.5 Å². The Bertz CT molecular complexity index is 1380. The Morgan fingerprint density at radius 2 is 1.77 bits per heavy atom. The van der Waals surface area contributed by atoms with Crippen LogP contribution < -0.4 is 15.8 Å². The molecule has 2 aromatic heterocycles. The maximum atomic E-state index is 14.6. The molecule has 0 radical (unpaired) electrons. The SMILES string of the molecule is CC(C)(C)OC(=O)N1CC(F)C[C@@H](Nc2ncnc3c(C(N)=O)cc(-c4ccc(OC(F)(F)F)cc4)nc23)C1. The highest BCUT2D eigenvalue weighted by Gasteiger charge is 2.33. The van der Waals surface area contributed by atoms with Crippen LogP contribution in [0.1, 0.15) is 37.6 Å². The second kappa shape index (κ2) is 10.5. The van der Waals surface area contributed by atoms with Crippen LogP contribution in [0.15, 0.2) is 36.7 Å². The van der Waals surface area contributed by atoms with Gasteiger partial charge in [-0.05, 0) is 51.1 Å². The van der Waals surface area contributed by atoms with E-state index in [1.54, 1.807) is 20.8 Å². The minimum Gasteiger partial charge on any atom is -0.444 e. The number of likely N-dealkylation sites (tertiary alicyclic amines) is 1. The van der Waals surface area contributed by atoms with Gasteiger partial charge in [-0.25, -0.2) is 24.1 Å². The monoisotopic (exact) mass is 550 g/mol. The van der Waals surface area contributed by atoms with E-state index in [4.69, 9.17) is 10.5 Å². The lowest BCUT2D eigenvalue weighted by Crippen LogP contribution is -2.51. The number of halogens is 4. The normalized spacial score (nSPS) is 18.1. The van der Waals surface area contributed by atoms with E-state index < -0.39 is 41.9 Å². The van der Waals surface area contributed by atoms with Gasteiger partial charge in [0, 0.05) is 24.6 Å². The van der Waals surface area contributed by atoms with E-state index in [0.29, 0.717) is 5.56 Å². The van der Waals surface area contributed by atoms with Crippen LogP contribution in [0, 0.1) is 0 Å². The number of piperidine rings is 1. The third-order valence-electron chi connectivity index (χ3n) is 5.63. The number of primary amides is 1. The summed E-state index contributed by atoms with van der Waals surface area (Å²) in [5, 5.41) is 3.08. The summed E-state index contributed by atoms with van der Waals surface area (Å²) in [7, 11) is 0. The lowest BCUT2D eigenvalue weighted by atomic mass is 10.0. The third kappa shape index (κ3) is 7.00. The number of hydrogen-bond acceptors (Lipinski definition) is 8. The molecule has 1 unspecified atom stereocenters. The van der Waals surface area contributed by atoms with E-state index in [-0.39, 0.29) is 47.6 Å². The minimum atomic E-state index is -4.85. The van der Waals surface area contributed by atoms with Crippen LogP contribution in [-0.2, 0) is 4.74 Å². The number of carbonyl (C=O) groups is 2. The first kappa shape index (κ1) is 27.8. The summed E-state index contributed by atoms with van der Waals surface area (Å²) in [6, 6.07) is 5.67. The molecule has 39 heavy (non-hydrogen) atoms. The molecule has 3 aromatic rings. The zero-order chi connectivity index (χ0) is 28.5. The Kier molecular flexibility index (Phi) is 7.48. The van der Waals surface area contributed by atoms with Gasteiger partial charge in [0.25, 0.3) is 5.91 Å². The summed E-state index contributed by atoms with van der Waals surface area (Å²) in [5.74, 6) is -1.09. The second-order valence-electron chi connectivity index (χ2n) is 9.97. The number of fused-ring (bicyclic) bond motifs is 1.